The highest BCUT2D eigenvalue weighted by Crippen LogP contribution is 2.38. The molecule has 0 aromatic heterocycles. The van der Waals surface area contributed by atoms with E-state index >= 15 is 0 Å². The average Bonchev–Trinajstić information content (AvgIpc) is 3.13. The molecule has 1 aliphatic rings. The van der Waals surface area contributed by atoms with Crippen LogP contribution in [-0.2, 0) is 17.8 Å². The summed E-state index contributed by atoms with van der Waals surface area (Å²) in [6, 6.07) is 23.9. The fourth-order valence-corrected chi connectivity index (χ4v) is 3.57. The molecule has 27 heavy (non-hydrogen) atoms. The topological polar surface area (TPSA) is 41.6 Å². The number of carbonyl (C=O) groups excluding carboxylic acids is 1. The Morgan fingerprint density at radius 1 is 1.00 bits per heavy atom. The van der Waals surface area contributed by atoms with Gasteiger partial charge in [-0.2, -0.15) is 0 Å². The summed E-state index contributed by atoms with van der Waals surface area (Å²) in [7, 11) is 1.65. The molecule has 3 aromatic rings. The molecule has 0 saturated heterocycles. The first-order valence-corrected chi connectivity index (χ1v) is 9.10. The number of hydrogen-bond donors (Lipinski definition) is 1. The molecule has 4 heteroatoms. The Hall–Kier alpha value is -3.11. The van der Waals surface area contributed by atoms with E-state index in [0.29, 0.717) is 12.2 Å². The van der Waals surface area contributed by atoms with Crippen molar-refractivity contribution in [1.29, 1.82) is 0 Å². The lowest BCUT2D eigenvalue weighted by Crippen LogP contribution is -2.18. The molecule has 1 heterocycles. The number of carbonyl (C=O) groups is 1. The summed E-state index contributed by atoms with van der Waals surface area (Å²) >= 11 is 0. The van der Waals surface area contributed by atoms with Crippen LogP contribution in [0.5, 0.6) is 0 Å². The van der Waals surface area contributed by atoms with Gasteiger partial charge in [0.25, 0.3) is 5.91 Å². The summed E-state index contributed by atoms with van der Waals surface area (Å²) in [5.41, 5.74) is 5.99. The fraction of sp³-hybridized carbons (Fsp3) is 0.174. The Balaban J connectivity index is 1.61. The van der Waals surface area contributed by atoms with E-state index in [1.165, 1.54) is 11.3 Å². The lowest BCUT2D eigenvalue weighted by molar-refractivity contribution is 0.102. The Bertz CT molecular complexity index is 968. The van der Waals surface area contributed by atoms with Crippen molar-refractivity contribution in [3.05, 3.63) is 89.5 Å². The monoisotopic (exact) mass is 358 g/mol. The van der Waals surface area contributed by atoms with Gasteiger partial charge >= 0.3 is 0 Å². The van der Waals surface area contributed by atoms with Crippen LogP contribution >= 0.6 is 0 Å². The van der Waals surface area contributed by atoms with Crippen LogP contribution in [0.25, 0.3) is 0 Å². The van der Waals surface area contributed by atoms with Gasteiger partial charge in [0.1, 0.15) is 0 Å². The third-order valence-electron chi connectivity index (χ3n) is 4.83. The zero-order valence-electron chi connectivity index (χ0n) is 15.3. The van der Waals surface area contributed by atoms with Crippen molar-refractivity contribution >= 4 is 23.0 Å². The third kappa shape index (κ3) is 3.57. The van der Waals surface area contributed by atoms with Gasteiger partial charge in [0.05, 0.1) is 18.0 Å². The maximum atomic E-state index is 12.8. The Morgan fingerprint density at radius 2 is 1.78 bits per heavy atom. The van der Waals surface area contributed by atoms with Crippen molar-refractivity contribution < 1.29 is 9.53 Å². The zero-order chi connectivity index (χ0) is 18.6. The Morgan fingerprint density at radius 3 is 2.63 bits per heavy atom. The molecule has 4 nitrogen and oxygen atoms in total. The van der Waals surface area contributed by atoms with Gasteiger partial charge in [-0.3, -0.25) is 4.79 Å². The summed E-state index contributed by atoms with van der Waals surface area (Å²) in [6.07, 6.45) is 1.01. The van der Waals surface area contributed by atoms with Crippen LogP contribution in [0.15, 0.2) is 72.8 Å². The molecule has 0 spiro atoms. The van der Waals surface area contributed by atoms with Crippen LogP contribution in [0, 0.1) is 0 Å². The van der Waals surface area contributed by atoms with Crippen molar-refractivity contribution in [3.63, 3.8) is 0 Å². The smallest absolute Gasteiger partial charge is 0.255 e. The van der Waals surface area contributed by atoms with Gasteiger partial charge in [-0.25, -0.2) is 0 Å². The van der Waals surface area contributed by atoms with Gasteiger partial charge in [-0.15, -0.1) is 0 Å². The minimum atomic E-state index is -0.118. The second kappa shape index (κ2) is 7.64. The molecule has 4 rings (SSSR count). The van der Waals surface area contributed by atoms with Gasteiger partial charge in [0.15, 0.2) is 0 Å². The molecule has 1 amide bonds. The minimum absolute atomic E-state index is 0.118. The lowest BCUT2D eigenvalue weighted by Gasteiger charge is -2.23. The number of anilines is 3. The molecule has 0 fully saturated rings. The Labute approximate surface area is 159 Å². The molecular formula is C23H22N2O2. The molecule has 3 aromatic carbocycles. The highest BCUT2D eigenvalue weighted by Gasteiger charge is 2.22. The average molecular weight is 358 g/mol. The van der Waals surface area contributed by atoms with Crippen LogP contribution in [0.1, 0.15) is 21.5 Å². The summed E-state index contributed by atoms with van der Waals surface area (Å²) in [6.45, 7) is 1.40. The minimum Gasteiger partial charge on any atom is -0.380 e. The first-order chi connectivity index (χ1) is 13.3. The van der Waals surface area contributed by atoms with Crippen molar-refractivity contribution in [2.24, 2.45) is 0 Å². The van der Waals surface area contributed by atoms with E-state index < -0.39 is 0 Å². The maximum absolute atomic E-state index is 12.8. The standard InChI is InChI=1S/C23H22N2O2/c1-27-16-17-7-6-9-19(15-17)23(26)24-20-10-3-5-12-22(20)25-14-13-18-8-2-4-11-21(18)25/h2-12,15H,13-14,16H2,1H3,(H,24,26). The molecular weight excluding hydrogens is 336 g/mol. The van der Waals surface area contributed by atoms with Crippen molar-refractivity contribution in [2.45, 2.75) is 13.0 Å². The first-order valence-electron chi connectivity index (χ1n) is 9.10. The van der Waals surface area contributed by atoms with Gasteiger partial charge in [0.2, 0.25) is 0 Å². The number of methoxy groups -OCH3 is 1. The van der Waals surface area contributed by atoms with Crippen LogP contribution < -0.4 is 10.2 Å². The number of nitrogens with one attached hydrogen (secondary N) is 1. The fourth-order valence-electron chi connectivity index (χ4n) is 3.57. The summed E-state index contributed by atoms with van der Waals surface area (Å²) in [5, 5.41) is 3.08. The van der Waals surface area contributed by atoms with Gasteiger partial charge < -0.3 is 15.0 Å². The van der Waals surface area contributed by atoms with Crippen molar-refractivity contribution in [1.82, 2.24) is 0 Å². The first kappa shape index (κ1) is 17.3. The molecule has 0 aliphatic carbocycles. The van der Waals surface area contributed by atoms with Crippen LogP contribution in [-0.4, -0.2) is 19.6 Å². The SMILES string of the molecule is COCc1cccc(C(=O)Nc2ccccc2N2CCc3ccccc32)c1. The van der Waals surface area contributed by atoms with Gasteiger partial charge in [-0.05, 0) is 47.9 Å². The van der Waals surface area contributed by atoms with E-state index in [9.17, 15) is 4.79 Å². The lowest BCUT2D eigenvalue weighted by atomic mass is 10.1. The number of para-hydroxylation sites is 3. The predicted octanol–water partition coefficient (Wildman–Crippen LogP) is 4.78. The van der Waals surface area contributed by atoms with E-state index in [-0.39, 0.29) is 5.91 Å². The molecule has 0 atom stereocenters. The number of rotatable bonds is 5. The van der Waals surface area contributed by atoms with Crippen molar-refractivity contribution in [3.8, 4) is 0 Å². The molecule has 1 aliphatic heterocycles. The Kier molecular flexibility index (Phi) is 4.90. The quantitative estimate of drug-likeness (QED) is 0.714. The number of hydrogen-bond acceptors (Lipinski definition) is 3. The van der Waals surface area contributed by atoms with E-state index in [0.717, 1.165) is 29.9 Å². The normalized spacial score (nSPS) is 12.7. The highest BCUT2D eigenvalue weighted by atomic mass is 16.5. The van der Waals surface area contributed by atoms with Crippen LogP contribution in [0.3, 0.4) is 0 Å². The molecule has 0 unspecified atom stereocenters. The van der Waals surface area contributed by atoms with Crippen LogP contribution in [0.2, 0.25) is 0 Å². The molecule has 0 radical (unpaired) electrons. The zero-order valence-corrected chi connectivity index (χ0v) is 15.3. The van der Waals surface area contributed by atoms with E-state index in [2.05, 4.69) is 40.5 Å². The highest BCUT2D eigenvalue weighted by molar-refractivity contribution is 6.06. The number of ether oxygens (including phenoxy) is 1. The van der Waals surface area contributed by atoms with Crippen molar-refractivity contribution in [2.75, 3.05) is 23.9 Å². The van der Waals surface area contributed by atoms with E-state index in [1.807, 2.05) is 42.5 Å². The second-order valence-electron chi connectivity index (χ2n) is 6.64. The number of benzene rings is 3. The predicted molar refractivity (Wildman–Crippen MR) is 109 cm³/mol. The summed E-state index contributed by atoms with van der Waals surface area (Å²) < 4.78 is 5.16. The van der Waals surface area contributed by atoms with Crippen LogP contribution in [0.4, 0.5) is 17.1 Å². The number of fused-ring (bicyclic) bond motifs is 1. The number of nitrogens with zero attached hydrogens (tertiary/aromatic N) is 1. The maximum Gasteiger partial charge on any atom is 0.255 e. The molecule has 1 N–H and O–H groups in total. The third-order valence-corrected chi connectivity index (χ3v) is 4.83. The number of amides is 1. The van der Waals surface area contributed by atoms with Gasteiger partial charge in [0, 0.05) is 24.9 Å². The molecule has 136 valence electrons. The molecule has 0 bridgehead atoms. The van der Waals surface area contributed by atoms with E-state index in [4.69, 9.17) is 4.74 Å². The summed E-state index contributed by atoms with van der Waals surface area (Å²) in [5.74, 6) is -0.118. The summed E-state index contributed by atoms with van der Waals surface area (Å²) in [4.78, 5) is 15.1. The largest absolute Gasteiger partial charge is 0.380 e. The van der Waals surface area contributed by atoms with E-state index in [1.54, 1.807) is 7.11 Å². The molecule has 0 saturated carbocycles. The second-order valence-corrected chi connectivity index (χ2v) is 6.64. The van der Waals surface area contributed by atoms with Gasteiger partial charge in [-0.1, -0.05) is 42.5 Å².